The molecule has 0 fully saturated rings. The van der Waals surface area contributed by atoms with Gasteiger partial charge >= 0.3 is 0 Å². The van der Waals surface area contributed by atoms with E-state index in [0.29, 0.717) is 12.6 Å². The number of hydrogen-bond acceptors (Lipinski definition) is 5. The molecule has 5 nitrogen and oxygen atoms in total. The smallest absolute Gasteiger partial charge is 0.282 e. The number of amidine groups is 1. The molecule has 1 unspecified atom stereocenters. The standard InChI is InChI=1S/C20H25N3O2/c1-24-19-10-5-16(6-11-19)12-13-22-17-7-2-15(3-8-17)4-9-18-14-25-20(21)23-18/h2-3,5-8,10-11,18,22H,4,9,12-14H2,1H3,(H2,21,23). The summed E-state index contributed by atoms with van der Waals surface area (Å²) in [7, 11) is 1.68. The Kier molecular flexibility index (Phi) is 5.77. The Morgan fingerprint density at radius 3 is 2.40 bits per heavy atom. The van der Waals surface area contributed by atoms with E-state index in [4.69, 9.17) is 15.2 Å². The number of ether oxygens (including phenoxy) is 2. The Bertz CT molecular complexity index is 696. The van der Waals surface area contributed by atoms with E-state index in [1.807, 2.05) is 12.1 Å². The lowest BCUT2D eigenvalue weighted by molar-refractivity contribution is 0.308. The lowest BCUT2D eigenvalue weighted by Gasteiger charge is -2.09. The summed E-state index contributed by atoms with van der Waals surface area (Å²) in [5.41, 5.74) is 9.27. The van der Waals surface area contributed by atoms with E-state index >= 15 is 0 Å². The second-order valence-corrected chi connectivity index (χ2v) is 6.19. The van der Waals surface area contributed by atoms with E-state index in [1.165, 1.54) is 11.1 Å². The summed E-state index contributed by atoms with van der Waals surface area (Å²) in [5, 5.41) is 3.46. The van der Waals surface area contributed by atoms with Crippen molar-refractivity contribution in [3.8, 4) is 5.75 Å². The molecule has 3 N–H and O–H groups in total. The molecule has 5 heteroatoms. The molecule has 0 bridgehead atoms. The zero-order valence-electron chi connectivity index (χ0n) is 14.6. The van der Waals surface area contributed by atoms with Crippen LogP contribution < -0.4 is 15.8 Å². The fourth-order valence-corrected chi connectivity index (χ4v) is 2.85. The number of benzene rings is 2. The van der Waals surface area contributed by atoms with Crippen LogP contribution in [-0.2, 0) is 17.6 Å². The molecule has 0 radical (unpaired) electrons. The Labute approximate surface area is 148 Å². The van der Waals surface area contributed by atoms with Crippen molar-refractivity contribution < 1.29 is 9.47 Å². The van der Waals surface area contributed by atoms with E-state index in [2.05, 4.69) is 46.7 Å². The maximum Gasteiger partial charge on any atom is 0.282 e. The van der Waals surface area contributed by atoms with Crippen molar-refractivity contribution in [2.45, 2.75) is 25.3 Å². The van der Waals surface area contributed by atoms with Crippen LogP contribution in [0, 0.1) is 0 Å². The number of aliphatic imine (C=N–C) groups is 1. The van der Waals surface area contributed by atoms with Crippen LogP contribution in [0.1, 0.15) is 17.5 Å². The number of hydrogen-bond donors (Lipinski definition) is 2. The van der Waals surface area contributed by atoms with Gasteiger partial charge in [0.1, 0.15) is 12.4 Å². The van der Waals surface area contributed by atoms with Crippen molar-refractivity contribution in [1.29, 1.82) is 0 Å². The van der Waals surface area contributed by atoms with E-state index < -0.39 is 0 Å². The second kappa shape index (κ2) is 8.42. The number of nitrogens with two attached hydrogens (primary N) is 1. The molecule has 1 aliphatic heterocycles. The predicted octanol–water partition coefficient (Wildman–Crippen LogP) is 3.00. The highest BCUT2D eigenvalue weighted by molar-refractivity contribution is 5.73. The molecule has 0 saturated carbocycles. The van der Waals surface area contributed by atoms with Crippen LogP contribution in [0.2, 0.25) is 0 Å². The van der Waals surface area contributed by atoms with Crippen LogP contribution in [0.15, 0.2) is 53.5 Å². The average Bonchev–Trinajstić information content (AvgIpc) is 3.07. The Morgan fingerprint density at radius 1 is 1.08 bits per heavy atom. The van der Waals surface area contributed by atoms with E-state index in [0.717, 1.165) is 37.2 Å². The molecule has 25 heavy (non-hydrogen) atoms. The van der Waals surface area contributed by atoms with Crippen LogP contribution in [-0.4, -0.2) is 32.3 Å². The summed E-state index contributed by atoms with van der Waals surface area (Å²) in [6, 6.07) is 17.3. The van der Waals surface area contributed by atoms with E-state index in [1.54, 1.807) is 7.11 Å². The molecule has 1 atom stereocenters. The Morgan fingerprint density at radius 2 is 1.76 bits per heavy atom. The molecule has 0 spiro atoms. The van der Waals surface area contributed by atoms with Gasteiger partial charge in [-0.3, -0.25) is 0 Å². The zero-order chi connectivity index (χ0) is 17.5. The van der Waals surface area contributed by atoms with Crippen molar-refractivity contribution >= 4 is 11.7 Å². The van der Waals surface area contributed by atoms with Gasteiger partial charge in [-0.15, -0.1) is 0 Å². The fourth-order valence-electron chi connectivity index (χ4n) is 2.85. The zero-order valence-corrected chi connectivity index (χ0v) is 14.6. The highest BCUT2D eigenvalue weighted by atomic mass is 16.5. The summed E-state index contributed by atoms with van der Waals surface area (Å²) < 4.78 is 10.4. The van der Waals surface area contributed by atoms with Gasteiger partial charge in [-0.05, 0) is 54.7 Å². The topological polar surface area (TPSA) is 68.9 Å². The van der Waals surface area contributed by atoms with Crippen molar-refractivity contribution in [1.82, 2.24) is 0 Å². The summed E-state index contributed by atoms with van der Waals surface area (Å²) in [6.07, 6.45) is 2.93. The molecule has 132 valence electrons. The molecule has 3 rings (SSSR count). The third kappa shape index (κ3) is 5.14. The third-order valence-electron chi connectivity index (χ3n) is 4.36. The van der Waals surface area contributed by atoms with Crippen LogP contribution >= 0.6 is 0 Å². The number of nitrogens with zero attached hydrogens (tertiary/aromatic N) is 1. The third-order valence-corrected chi connectivity index (χ3v) is 4.36. The molecule has 0 aliphatic carbocycles. The molecule has 1 heterocycles. The normalized spacial score (nSPS) is 16.2. The molecule has 0 aromatic heterocycles. The minimum Gasteiger partial charge on any atom is -0.497 e. The SMILES string of the molecule is COc1ccc(CCNc2ccc(CCC3COC(N)=N3)cc2)cc1. The average molecular weight is 339 g/mol. The Hall–Kier alpha value is -2.69. The maximum atomic E-state index is 5.53. The van der Waals surface area contributed by atoms with Crippen molar-refractivity contribution in [2.75, 3.05) is 25.6 Å². The molecule has 2 aromatic rings. The molecule has 1 aliphatic rings. The van der Waals surface area contributed by atoms with Gasteiger partial charge in [-0.2, -0.15) is 0 Å². The summed E-state index contributed by atoms with van der Waals surface area (Å²) in [5.74, 6) is 0.893. The van der Waals surface area contributed by atoms with E-state index in [-0.39, 0.29) is 6.04 Å². The number of anilines is 1. The second-order valence-electron chi connectivity index (χ2n) is 6.19. The molecular weight excluding hydrogens is 314 g/mol. The van der Waals surface area contributed by atoms with Crippen molar-refractivity contribution in [2.24, 2.45) is 10.7 Å². The van der Waals surface area contributed by atoms with Gasteiger partial charge in [0.05, 0.1) is 13.2 Å². The number of methoxy groups -OCH3 is 1. The Balaban J connectivity index is 1.41. The molecular formula is C20H25N3O2. The molecule has 0 amide bonds. The van der Waals surface area contributed by atoms with Crippen LogP contribution in [0.3, 0.4) is 0 Å². The molecule has 2 aromatic carbocycles. The van der Waals surface area contributed by atoms with Gasteiger partial charge < -0.3 is 20.5 Å². The minimum atomic E-state index is 0.197. The van der Waals surface area contributed by atoms with Gasteiger partial charge in [0, 0.05) is 12.2 Å². The number of rotatable bonds is 8. The highest BCUT2D eigenvalue weighted by Gasteiger charge is 2.15. The van der Waals surface area contributed by atoms with Crippen LogP contribution in [0.4, 0.5) is 5.69 Å². The van der Waals surface area contributed by atoms with Gasteiger partial charge in [0.25, 0.3) is 6.02 Å². The summed E-state index contributed by atoms with van der Waals surface area (Å²) >= 11 is 0. The van der Waals surface area contributed by atoms with Gasteiger partial charge in [-0.1, -0.05) is 24.3 Å². The van der Waals surface area contributed by atoms with Crippen LogP contribution in [0.25, 0.3) is 0 Å². The largest absolute Gasteiger partial charge is 0.497 e. The predicted molar refractivity (Wildman–Crippen MR) is 101 cm³/mol. The van der Waals surface area contributed by atoms with E-state index in [9.17, 15) is 0 Å². The first-order valence-corrected chi connectivity index (χ1v) is 8.65. The lowest BCUT2D eigenvalue weighted by atomic mass is 10.1. The fraction of sp³-hybridized carbons (Fsp3) is 0.350. The molecule has 0 saturated heterocycles. The maximum absolute atomic E-state index is 5.53. The number of nitrogens with one attached hydrogen (secondary N) is 1. The van der Waals surface area contributed by atoms with Gasteiger partial charge in [-0.25, -0.2) is 4.99 Å². The van der Waals surface area contributed by atoms with Gasteiger partial charge in [0.2, 0.25) is 0 Å². The summed E-state index contributed by atoms with van der Waals surface area (Å²) in [4.78, 5) is 4.25. The highest BCUT2D eigenvalue weighted by Crippen LogP contribution is 2.15. The first-order chi connectivity index (χ1) is 12.2. The quantitative estimate of drug-likeness (QED) is 0.776. The van der Waals surface area contributed by atoms with Gasteiger partial charge in [0.15, 0.2) is 0 Å². The van der Waals surface area contributed by atoms with Crippen LogP contribution in [0.5, 0.6) is 5.75 Å². The minimum absolute atomic E-state index is 0.197. The number of aryl methyl sites for hydroxylation is 1. The monoisotopic (exact) mass is 339 g/mol. The first-order valence-electron chi connectivity index (χ1n) is 8.65. The van der Waals surface area contributed by atoms with Crippen molar-refractivity contribution in [3.05, 3.63) is 59.7 Å². The first kappa shape index (κ1) is 17.1. The summed E-state index contributed by atoms with van der Waals surface area (Å²) in [6.45, 7) is 1.51. The lowest BCUT2D eigenvalue weighted by Crippen LogP contribution is -2.10. The van der Waals surface area contributed by atoms with Crippen molar-refractivity contribution in [3.63, 3.8) is 0 Å².